The molecule has 0 aliphatic carbocycles. The molecule has 0 radical (unpaired) electrons. The molecule has 1 aliphatic rings. The number of hydrogen-bond acceptors (Lipinski definition) is 4. The molecule has 0 spiro atoms. The molecule has 2 aromatic heterocycles. The first-order valence-electron chi connectivity index (χ1n) is 7.56. The minimum atomic E-state index is -0.660. The fourth-order valence-corrected chi connectivity index (χ4v) is 3.89. The Kier molecular flexibility index (Phi) is 4.55. The van der Waals surface area contributed by atoms with Crippen LogP contribution in [-0.2, 0) is 4.79 Å². The molecule has 22 heavy (non-hydrogen) atoms. The fourth-order valence-electron chi connectivity index (χ4n) is 3.21. The zero-order chi connectivity index (χ0) is 15.5. The van der Waals surface area contributed by atoms with E-state index in [0.29, 0.717) is 0 Å². The number of nitrogens with zero attached hydrogens (tertiary/aromatic N) is 2. The van der Waals surface area contributed by atoms with Gasteiger partial charge in [-0.25, -0.2) is 0 Å². The van der Waals surface area contributed by atoms with E-state index in [9.17, 15) is 9.90 Å². The Morgan fingerprint density at radius 2 is 2.18 bits per heavy atom. The van der Waals surface area contributed by atoms with Gasteiger partial charge in [-0.1, -0.05) is 0 Å². The number of carboxylic acids is 1. The van der Waals surface area contributed by atoms with Crippen LogP contribution in [0.4, 0.5) is 0 Å². The molecular formula is C17H20N2O2S. The van der Waals surface area contributed by atoms with Crippen molar-refractivity contribution in [1.82, 2.24) is 9.88 Å². The molecule has 3 rings (SSSR count). The number of thiophene rings is 1. The van der Waals surface area contributed by atoms with E-state index in [1.165, 1.54) is 16.7 Å². The van der Waals surface area contributed by atoms with Crippen LogP contribution in [0.2, 0.25) is 0 Å². The Balaban J connectivity index is 1.88. The molecule has 1 aliphatic heterocycles. The van der Waals surface area contributed by atoms with Crippen molar-refractivity contribution in [3.8, 4) is 0 Å². The number of rotatable bonds is 4. The van der Waals surface area contributed by atoms with E-state index in [0.717, 1.165) is 25.9 Å². The quantitative estimate of drug-likeness (QED) is 0.940. The van der Waals surface area contributed by atoms with Crippen LogP contribution < -0.4 is 0 Å². The van der Waals surface area contributed by atoms with Gasteiger partial charge in [0.05, 0.1) is 12.0 Å². The summed E-state index contributed by atoms with van der Waals surface area (Å²) >= 11 is 1.70. The first kappa shape index (κ1) is 15.2. The summed E-state index contributed by atoms with van der Waals surface area (Å²) in [7, 11) is 0. The normalized spacial score (nSPS) is 18.2. The number of carboxylic acid groups (broad SMARTS) is 1. The SMILES string of the molecule is Cc1cnccc1C(c1ccsc1)N1CCC(C(=O)O)CC1. The van der Waals surface area contributed by atoms with Crippen molar-refractivity contribution in [3.63, 3.8) is 0 Å². The third-order valence-corrected chi connectivity index (χ3v) is 5.16. The molecular weight excluding hydrogens is 296 g/mol. The molecule has 1 atom stereocenters. The lowest BCUT2D eigenvalue weighted by molar-refractivity contribution is -0.143. The molecule has 5 heteroatoms. The van der Waals surface area contributed by atoms with Crippen LogP contribution in [0, 0.1) is 12.8 Å². The van der Waals surface area contributed by atoms with Crippen molar-refractivity contribution in [3.05, 3.63) is 52.0 Å². The number of likely N-dealkylation sites (tertiary alicyclic amines) is 1. The fraction of sp³-hybridized carbons (Fsp3) is 0.412. The number of piperidine rings is 1. The van der Waals surface area contributed by atoms with E-state index in [1.807, 2.05) is 12.4 Å². The van der Waals surface area contributed by atoms with Gasteiger partial charge in [0.25, 0.3) is 0 Å². The van der Waals surface area contributed by atoms with E-state index in [2.05, 4.69) is 39.7 Å². The third-order valence-electron chi connectivity index (χ3n) is 4.46. The molecule has 1 N–H and O–H groups in total. The maximum atomic E-state index is 11.2. The highest BCUT2D eigenvalue weighted by atomic mass is 32.1. The Bertz CT molecular complexity index is 634. The summed E-state index contributed by atoms with van der Waals surface area (Å²) in [4.78, 5) is 17.8. The molecule has 1 fully saturated rings. The summed E-state index contributed by atoms with van der Waals surface area (Å²) in [5.74, 6) is -0.857. The molecule has 2 aromatic rings. The van der Waals surface area contributed by atoms with Crippen molar-refractivity contribution in [2.24, 2.45) is 5.92 Å². The van der Waals surface area contributed by atoms with Crippen LogP contribution >= 0.6 is 11.3 Å². The van der Waals surface area contributed by atoms with Crippen LogP contribution in [0.3, 0.4) is 0 Å². The zero-order valence-electron chi connectivity index (χ0n) is 12.6. The highest BCUT2D eigenvalue weighted by molar-refractivity contribution is 7.08. The van der Waals surface area contributed by atoms with Gasteiger partial charge in [-0.3, -0.25) is 14.7 Å². The van der Waals surface area contributed by atoms with Crippen LogP contribution in [0.25, 0.3) is 0 Å². The number of aromatic nitrogens is 1. The predicted octanol–water partition coefficient (Wildman–Crippen LogP) is 3.34. The lowest BCUT2D eigenvalue weighted by Crippen LogP contribution is -2.39. The van der Waals surface area contributed by atoms with Gasteiger partial charge in [0.1, 0.15) is 0 Å². The van der Waals surface area contributed by atoms with Crippen molar-refractivity contribution < 1.29 is 9.90 Å². The smallest absolute Gasteiger partial charge is 0.306 e. The zero-order valence-corrected chi connectivity index (χ0v) is 13.4. The Morgan fingerprint density at radius 3 is 2.77 bits per heavy atom. The lowest BCUT2D eigenvalue weighted by atomic mass is 9.91. The molecule has 1 unspecified atom stereocenters. The minimum Gasteiger partial charge on any atom is -0.481 e. The van der Waals surface area contributed by atoms with Gasteiger partial charge in [0.15, 0.2) is 0 Å². The number of aryl methyl sites for hydroxylation is 1. The summed E-state index contributed by atoms with van der Waals surface area (Å²) in [6.45, 7) is 3.73. The van der Waals surface area contributed by atoms with E-state index >= 15 is 0 Å². The van der Waals surface area contributed by atoms with Crippen molar-refractivity contribution >= 4 is 17.3 Å². The summed E-state index contributed by atoms with van der Waals surface area (Å²) in [5, 5.41) is 13.5. The molecule has 0 amide bonds. The second-order valence-corrected chi connectivity index (χ2v) is 6.62. The van der Waals surface area contributed by atoms with E-state index in [4.69, 9.17) is 0 Å². The second kappa shape index (κ2) is 6.58. The summed E-state index contributed by atoms with van der Waals surface area (Å²) in [6, 6.07) is 4.45. The Hall–Kier alpha value is -1.72. The third kappa shape index (κ3) is 3.05. The van der Waals surface area contributed by atoms with Crippen molar-refractivity contribution in [1.29, 1.82) is 0 Å². The second-order valence-electron chi connectivity index (χ2n) is 5.84. The van der Waals surface area contributed by atoms with Crippen LogP contribution in [0.5, 0.6) is 0 Å². The highest BCUT2D eigenvalue weighted by Gasteiger charge is 2.30. The van der Waals surface area contributed by atoms with E-state index in [-0.39, 0.29) is 12.0 Å². The van der Waals surface area contributed by atoms with Crippen molar-refractivity contribution in [2.45, 2.75) is 25.8 Å². The van der Waals surface area contributed by atoms with Gasteiger partial charge in [0.2, 0.25) is 0 Å². The first-order chi connectivity index (χ1) is 10.7. The highest BCUT2D eigenvalue weighted by Crippen LogP contribution is 2.34. The number of carbonyl (C=O) groups is 1. The maximum Gasteiger partial charge on any atom is 0.306 e. The first-order valence-corrected chi connectivity index (χ1v) is 8.50. The van der Waals surface area contributed by atoms with E-state index < -0.39 is 5.97 Å². The number of pyridine rings is 1. The van der Waals surface area contributed by atoms with Gasteiger partial charge >= 0.3 is 5.97 Å². The van der Waals surface area contributed by atoms with Crippen LogP contribution in [0.1, 0.15) is 35.6 Å². The van der Waals surface area contributed by atoms with Gasteiger partial charge < -0.3 is 5.11 Å². The molecule has 0 bridgehead atoms. The molecule has 1 saturated heterocycles. The molecule has 4 nitrogen and oxygen atoms in total. The van der Waals surface area contributed by atoms with Gasteiger partial charge in [-0.2, -0.15) is 11.3 Å². The minimum absolute atomic E-state index is 0.196. The largest absolute Gasteiger partial charge is 0.481 e. The van der Waals surface area contributed by atoms with Gasteiger partial charge in [-0.05, 0) is 72.4 Å². The van der Waals surface area contributed by atoms with E-state index in [1.54, 1.807) is 11.3 Å². The standard InChI is InChI=1S/C17H20N2O2S/c1-12-10-18-6-2-15(12)16(14-5-9-22-11-14)19-7-3-13(4-8-19)17(20)21/h2,5-6,9-11,13,16H,3-4,7-8H2,1H3,(H,20,21). The maximum absolute atomic E-state index is 11.2. The monoisotopic (exact) mass is 316 g/mol. The van der Waals surface area contributed by atoms with Crippen LogP contribution in [0.15, 0.2) is 35.3 Å². The topological polar surface area (TPSA) is 53.4 Å². The number of hydrogen-bond donors (Lipinski definition) is 1. The van der Waals surface area contributed by atoms with Crippen molar-refractivity contribution in [2.75, 3.05) is 13.1 Å². The molecule has 3 heterocycles. The predicted molar refractivity (Wildman–Crippen MR) is 87.1 cm³/mol. The summed E-state index contributed by atoms with van der Waals surface area (Å²) in [5.41, 5.74) is 3.73. The van der Waals surface area contributed by atoms with Crippen LogP contribution in [-0.4, -0.2) is 34.0 Å². The number of aliphatic carboxylic acids is 1. The average Bonchev–Trinajstić information content (AvgIpc) is 3.04. The van der Waals surface area contributed by atoms with Gasteiger partial charge in [-0.15, -0.1) is 0 Å². The Labute approximate surface area is 134 Å². The lowest BCUT2D eigenvalue weighted by Gasteiger charge is -2.37. The molecule has 0 aromatic carbocycles. The molecule has 0 saturated carbocycles. The average molecular weight is 316 g/mol. The summed E-state index contributed by atoms with van der Waals surface area (Å²) in [6.07, 6.45) is 5.19. The van der Waals surface area contributed by atoms with Gasteiger partial charge in [0, 0.05) is 12.4 Å². The Morgan fingerprint density at radius 1 is 1.41 bits per heavy atom. The summed E-state index contributed by atoms with van der Waals surface area (Å²) < 4.78 is 0. The molecule has 116 valence electrons.